The summed E-state index contributed by atoms with van der Waals surface area (Å²) in [6, 6.07) is 5.62. The molecule has 1 unspecified atom stereocenters. The number of carboxylic acid groups (broad SMARTS) is 1. The molecule has 0 spiro atoms. The molecule has 1 saturated carbocycles. The monoisotopic (exact) mass is 368 g/mol. The van der Waals surface area contributed by atoms with Crippen molar-refractivity contribution in [3.05, 3.63) is 29.8 Å². The fourth-order valence-electron chi connectivity index (χ4n) is 2.31. The van der Waals surface area contributed by atoms with Gasteiger partial charge in [0.25, 0.3) is 5.91 Å². The van der Waals surface area contributed by atoms with E-state index in [4.69, 9.17) is 5.11 Å². The highest BCUT2D eigenvalue weighted by molar-refractivity contribution is 7.89. The number of sulfonamides is 1. The van der Waals surface area contributed by atoms with Gasteiger partial charge >= 0.3 is 5.97 Å². The second kappa shape index (κ2) is 7.13. The first kappa shape index (κ1) is 19.4. The number of benzene rings is 1. The highest BCUT2D eigenvalue weighted by Gasteiger charge is 2.33. The molecule has 1 amide bonds. The smallest absolute Gasteiger partial charge is 0.305 e. The van der Waals surface area contributed by atoms with E-state index in [9.17, 15) is 18.0 Å². The Morgan fingerprint density at radius 2 is 1.80 bits per heavy atom. The molecule has 1 aliphatic carbocycles. The topological polar surface area (TPSA) is 113 Å². The Morgan fingerprint density at radius 3 is 2.24 bits per heavy atom. The van der Waals surface area contributed by atoms with Gasteiger partial charge < -0.3 is 10.4 Å². The zero-order chi connectivity index (χ0) is 18.8. The van der Waals surface area contributed by atoms with Crippen LogP contribution in [-0.4, -0.2) is 37.0 Å². The Hall–Kier alpha value is -1.93. The average molecular weight is 368 g/mol. The summed E-state index contributed by atoms with van der Waals surface area (Å²) in [5.74, 6) is -1.52. The second-order valence-electron chi connectivity index (χ2n) is 7.02. The van der Waals surface area contributed by atoms with Crippen LogP contribution in [0.15, 0.2) is 29.2 Å². The minimum Gasteiger partial charge on any atom is -0.481 e. The number of carbonyl (C=O) groups is 2. The Kier molecular flexibility index (Phi) is 5.53. The van der Waals surface area contributed by atoms with Crippen LogP contribution in [0.2, 0.25) is 0 Å². The van der Waals surface area contributed by atoms with E-state index in [0.717, 1.165) is 12.8 Å². The summed E-state index contributed by atoms with van der Waals surface area (Å²) >= 11 is 0. The number of carboxylic acids is 1. The standard InChI is InChI=1S/C17H24N2O5S/c1-11(2)17(3,10-15(20)21)18-16(22)12-4-8-14(9-5-12)25(23,24)19-13-6-7-13/h4-5,8-9,11,13,19H,6-7,10H2,1-3H3,(H,18,22)(H,20,21). The molecule has 1 aromatic carbocycles. The molecule has 1 aliphatic rings. The summed E-state index contributed by atoms with van der Waals surface area (Å²) in [4.78, 5) is 23.6. The van der Waals surface area contributed by atoms with Crippen molar-refractivity contribution in [3.8, 4) is 0 Å². The van der Waals surface area contributed by atoms with Crippen LogP contribution in [0.25, 0.3) is 0 Å². The fraction of sp³-hybridized carbons (Fsp3) is 0.529. The molecule has 138 valence electrons. The molecule has 0 heterocycles. The first-order valence-electron chi connectivity index (χ1n) is 8.20. The van der Waals surface area contributed by atoms with Gasteiger partial charge in [0.15, 0.2) is 0 Å². The van der Waals surface area contributed by atoms with Crippen LogP contribution < -0.4 is 10.0 Å². The second-order valence-corrected chi connectivity index (χ2v) is 8.73. The number of amides is 1. The summed E-state index contributed by atoms with van der Waals surface area (Å²) in [6.45, 7) is 5.35. The van der Waals surface area contributed by atoms with Gasteiger partial charge in [-0.05, 0) is 49.9 Å². The first-order chi connectivity index (χ1) is 11.5. The first-order valence-corrected chi connectivity index (χ1v) is 9.68. The Balaban J connectivity index is 2.12. The quantitative estimate of drug-likeness (QED) is 0.647. The highest BCUT2D eigenvalue weighted by Crippen LogP contribution is 2.23. The van der Waals surface area contributed by atoms with Crippen molar-refractivity contribution in [2.75, 3.05) is 0 Å². The summed E-state index contributed by atoms with van der Waals surface area (Å²) in [5, 5.41) is 11.8. The molecular weight excluding hydrogens is 344 g/mol. The summed E-state index contributed by atoms with van der Waals surface area (Å²) in [5.41, 5.74) is -0.621. The molecule has 0 aromatic heterocycles. The van der Waals surface area contributed by atoms with E-state index < -0.39 is 27.4 Å². The maximum Gasteiger partial charge on any atom is 0.305 e. The van der Waals surface area contributed by atoms with Crippen LogP contribution in [0.3, 0.4) is 0 Å². The van der Waals surface area contributed by atoms with Gasteiger partial charge in [-0.2, -0.15) is 0 Å². The number of rotatable bonds is 8. The third-order valence-electron chi connectivity index (χ3n) is 4.52. The largest absolute Gasteiger partial charge is 0.481 e. The zero-order valence-corrected chi connectivity index (χ0v) is 15.4. The van der Waals surface area contributed by atoms with E-state index in [1.807, 2.05) is 13.8 Å². The van der Waals surface area contributed by atoms with Crippen molar-refractivity contribution in [1.82, 2.24) is 10.0 Å². The lowest BCUT2D eigenvalue weighted by molar-refractivity contribution is -0.138. The molecule has 25 heavy (non-hydrogen) atoms. The van der Waals surface area contributed by atoms with E-state index in [1.54, 1.807) is 6.92 Å². The lowest BCUT2D eigenvalue weighted by Gasteiger charge is -2.33. The zero-order valence-electron chi connectivity index (χ0n) is 14.6. The molecular formula is C17H24N2O5S. The van der Waals surface area contributed by atoms with Gasteiger partial charge in [-0.3, -0.25) is 9.59 Å². The molecule has 7 nitrogen and oxygen atoms in total. The molecule has 1 fully saturated rings. The van der Waals surface area contributed by atoms with Crippen molar-refractivity contribution in [2.45, 2.75) is 56.5 Å². The van der Waals surface area contributed by atoms with E-state index in [1.165, 1.54) is 24.3 Å². The molecule has 2 rings (SSSR count). The molecule has 0 radical (unpaired) electrons. The number of carbonyl (C=O) groups excluding carboxylic acids is 1. The number of aliphatic carboxylic acids is 1. The van der Waals surface area contributed by atoms with Crippen molar-refractivity contribution in [1.29, 1.82) is 0 Å². The predicted molar refractivity (Wildman–Crippen MR) is 92.7 cm³/mol. The van der Waals surface area contributed by atoms with Crippen LogP contribution in [0.4, 0.5) is 0 Å². The Bertz CT molecular complexity index is 754. The van der Waals surface area contributed by atoms with Gasteiger partial charge in [-0.25, -0.2) is 13.1 Å². The van der Waals surface area contributed by atoms with Crippen molar-refractivity contribution in [3.63, 3.8) is 0 Å². The highest BCUT2D eigenvalue weighted by atomic mass is 32.2. The fourth-order valence-corrected chi connectivity index (χ4v) is 3.62. The van der Waals surface area contributed by atoms with Crippen LogP contribution in [-0.2, 0) is 14.8 Å². The molecule has 0 bridgehead atoms. The molecule has 0 aliphatic heterocycles. The third-order valence-corrected chi connectivity index (χ3v) is 6.05. The number of hydrogen-bond acceptors (Lipinski definition) is 4. The molecule has 8 heteroatoms. The molecule has 1 aromatic rings. The lowest BCUT2D eigenvalue weighted by atomic mass is 9.85. The van der Waals surface area contributed by atoms with Gasteiger partial charge in [0, 0.05) is 11.6 Å². The van der Waals surface area contributed by atoms with E-state index >= 15 is 0 Å². The van der Waals surface area contributed by atoms with E-state index in [2.05, 4.69) is 10.0 Å². The SMILES string of the molecule is CC(C)C(C)(CC(=O)O)NC(=O)c1ccc(S(=O)(=O)NC2CC2)cc1. The molecule has 3 N–H and O–H groups in total. The van der Waals surface area contributed by atoms with Crippen LogP contribution in [0.5, 0.6) is 0 Å². The Labute approximate surface area is 147 Å². The lowest BCUT2D eigenvalue weighted by Crippen LogP contribution is -2.51. The summed E-state index contributed by atoms with van der Waals surface area (Å²) in [7, 11) is -3.56. The maximum absolute atomic E-state index is 12.4. The van der Waals surface area contributed by atoms with Gasteiger partial charge in [0.2, 0.25) is 10.0 Å². The van der Waals surface area contributed by atoms with Crippen LogP contribution in [0.1, 0.15) is 50.4 Å². The average Bonchev–Trinajstić information content (AvgIpc) is 3.29. The van der Waals surface area contributed by atoms with Gasteiger partial charge in [-0.1, -0.05) is 13.8 Å². The van der Waals surface area contributed by atoms with Crippen LogP contribution >= 0.6 is 0 Å². The summed E-state index contributed by atoms with van der Waals surface area (Å²) in [6.07, 6.45) is 1.49. The number of hydrogen-bond donors (Lipinski definition) is 3. The molecule has 1 atom stereocenters. The van der Waals surface area contributed by atoms with E-state index in [0.29, 0.717) is 0 Å². The van der Waals surface area contributed by atoms with Gasteiger partial charge in [-0.15, -0.1) is 0 Å². The predicted octanol–water partition coefficient (Wildman–Crippen LogP) is 1.75. The third kappa shape index (κ3) is 5.02. The van der Waals surface area contributed by atoms with E-state index in [-0.39, 0.29) is 28.8 Å². The van der Waals surface area contributed by atoms with Crippen molar-refractivity contribution in [2.24, 2.45) is 5.92 Å². The summed E-state index contributed by atoms with van der Waals surface area (Å²) < 4.78 is 26.8. The van der Waals surface area contributed by atoms with Crippen molar-refractivity contribution < 1.29 is 23.1 Å². The normalized spacial score (nSPS) is 17.1. The number of nitrogens with one attached hydrogen (secondary N) is 2. The maximum atomic E-state index is 12.4. The van der Waals surface area contributed by atoms with Crippen molar-refractivity contribution >= 4 is 21.9 Å². The van der Waals surface area contributed by atoms with Gasteiger partial charge in [0.1, 0.15) is 0 Å². The molecule has 0 saturated heterocycles. The minimum atomic E-state index is -3.56. The Morgan fingerprint density at radius 1 is 1.24 bits per heavy atom. The van der Waals surface area contributed by atoms with Crippen LogP contribution in [0, 0.1) is 5.92 Å². The van der Waals surface area contributed by atoms with Gasteiger partial charge in [0.05, 0.1) is 16.9 Å². The minimum absolute atomic E-state index is 0.00995.